The van der Waals surface area contributed by atoms with E-state index in [4.69, 9.17) is 4.74 Å². The fourth-order valence-corrected chi connectivity index (χ4v) is 7.36. The van der Waals surface area contributed by atoms with Crippen molar-refractivity contribution in [2.45, 2.75) is 50.5 Å². The fourth-order valence-electron chi connectivity index (χ4n) is 7.36. The number of likely N-dealkylation sites (N-methyl/N-ethyl adjacent to an activating group) is 1. The van der Waals surface area contributed by atoms with Gasteiger partial charge in [0.25, 0.3) is 5.91 Å². The van der Waals surface area contributed by atoms with Gasteiger partial charge >= 0.3 is 0 Å². The van der Waals surface area contributed by atoms with Gasteiger partial charge in [-0.1, -0.05) is 49.4 Å². The lowest BCUT2D eigenvalue weighted by Gasteiger charge is -2.39. The van der Waals surface area contributed by atoms with Crippen molar-refractivity contribution in [3.63, 3.8) is 0 Å². The lowest BCUT2D eigenvalue weighted by Crippen LogP contribution is -2.58. The van der Waals surface area contributed by atoms with Gasteiger partial charge in [-0.2, -0.15) is 0 Å². The van der Waals surface area contributed by atoms with Crippen LogP contribution in [0.1, 0.15) is 27.2 Å². The Bertz CT molecular complexity index is 1380. The third kappa shape index (κ3) is 3.91. The molecule has 0 aliphatic carbocycles. The number of carbonyl (C=O) groups excluding carboxylic acids is 3. The first-order chi connectivity index (χ1) is 19.0. The third-order valence-electron chi connectivity index (χ3n) is 9.39. The zero-order valence-electron chi connectivity index (χ0n) is 23.7. The highest BCUT2D eigenvalue weighted by molar-refractivity contribution is 6.06. The Morgan fingerprint density at radius 3 is 2.48 bits per heavy atom. The Morgan fingerprint density at radius 2 is 1.82 bits per heavy atom. The molecule has 0 radical (unpaired) electrons. The fraction of sp³-hybridized carbons (Fsp3) is 0.469. The normalized spacial score (nSPS) is 31.2. The molecule has 2 bridgehead atoms. The summed E-state index contributed by atoms with van der Waals surface area (Å²) in [5.41, 5.74) is -1.43. The summed E-state index contributed by atoms with van der Waals surface area (Å²) in [6.07, 6.45) is 3.76. The van der Waals surface area contributed by atoms with Gasteiger partial charge in [0, 0.05) is 25.8 Å². The minimum atomic E-state index is -1.20. The van der Waals surface area contributed by atoms with Gasteiger partial charge < -0.3 is 24.5 Å². The smallest absolute Gasteiger partial charge is 0.253 e. The van der Waals surface area contributed by atoms with Gasteiger partial charge in [-0.05, 0) is 49.1 Å². The molecule has 3 amide bonds. The van der Waals surface area contributed by atoms with Crippen molar-refractivity contribution in [2.75, 3.05) is 31.6 Å². The number of anilines is 1. The number of likely N-dealkylation sites (tertiary alicyclic amines) is 1. The van der Waals surface area contributed by atoms with Crippen LogP contribution in [0, 0.1) is 17.8 Å². The van der Waals surface area contributed by atoms with E-state index in [1.165, 1.54) is 4.90 Å². The first kappa shape index (κ1) is 28.1. The van der Waals surface area contributed by atoms with Crippen LogP contribution in [0.5, 0.6) is 0 Å². The molecule has 3 aliphatic rings. The standard InChI is InChI=1S/C32H39N3O5/c1-7-15-33(6)28(37)25-26-29(38)35(21(4)19-36)27(32(26)18-20(3)31(25,5)40-32)30(39)34(16-8-2)24-14-13-22-11-9-10-12-23(22)17-24/h7-14,17,20-21,25-27,36H,1-2,15-16,18-19H2,3-6H3/t20?,21-,25-,26+,27?,31+,32?/m1/s1. The van der Waals surface area contributed by atoms with Crippen LogP contribution in [0.2, 0.25) is 0 Å². The number of ether oxygens (including phenoxy) is 1. The van der Waals surface area contributed by atoms with E-state index in [0.717, 1.165) is 10.8 Å². The van der Waals surface area contributed by atoms with Crippen molar-refractivity contribution in [3.05, 3.63) is 67.8 Å². The highest BCUT2D eigenvalue weighted by atomic mass is 16.5. The van der Waals surface area contributed by atoms with E-state index < -0.39 is 35.1 Å². The molecule has 40 heavy (non-hydrogen) atoms. The van der Waals surface area contributed by atoms with Crippen LogP contribution in [0.4, 0.5) is 5.69 Å². The number of hydrogen-bond acceptors (Lipinski definition) is 5. The average Bonchev–Trinajstić information content (AvgIpc) is 3.46. The lowest BCUT2D eigenvalue weighted by atomic mass is 9.62. The van der Waals surface area contributed by atoms with Gasteiger partial charge in [-0.15, -0.1) is 13.2 Å². The summed E-state index contributed by atoms with van der Waals surface area (Å²) in [4.78, 5) is 47.5. The molecule has 1 N–H and O–H groups in total. The number of rotatable bonds is 9. The Kier molecular flexibility index (Phi) is 7.13. The van der Waals surface area contributed by atoms with Gasteiger partial charge in [-0.25, -0.2) is 0 Å². The topological polar surface area (TPSA) is 90.4 Å². The molecule has 3 unspecified atom stereocenters. The highest BCUT2D eigenvalue weighted by Crippen LogP contribution is 2.65. The van der Waals surface area contributed by atoms with Crippen molar-refractivity contribution in [2.24, 2.45) is 17.8 Å². The molecule has 7 atom stereocenters. The zero-order valence-corrected chi connectivity index (χ0v) is 23.7. The summed E-state index contributed by atoms with van der Waals surface area (Å²) >= 11 is 0. The molecule has 8 heteroatoms. The molecule has 0 aromatic heterocycles. The number of fused-ring (bicyclic) bond motifs is 2. The highest BCUT2D eigenvalue weighted by Gasteiger charge is 2.80. The minimum Gasteiger partial charge on any atom is -0.394 e. The Hall–Kier alpha value is -3.49. The number of aliphatic hydroxyl groups is 1. The number of carbonyl (C=O) groups is 3. The van der Waals surface area contributed by atoms with Crippen molar-refractivity contribution < 1.29 is 24.2 Å². The summed E-state index contributed by atoms with van der Waals surface area (Å²) in [7, 11) is 1.69. The number of nitrogens with zero attached hydrogens (tertiary/aromatic N) is 3. The first-order valence-electron chi connectivity index (χ1n) is 14.0. The minimum absolute atomic E-state index is 0.0733. The molecule has 2 aromatic rings. The second kappa shape index (κ2) is 10.2. The van der Waals surface area contributed by atoms with Crippen LogP contribution in [0.15, 0.2) is 67.8 Å². The predicted octanol–water partition coefficient (Wildman–Crippen LogP) is 3.39. The van der Waals surface area contributed by atoms with E-state index in [2.05, 4.69) is 13.2 Å². The molecular formula is C32H39N3O5. The Labute approximate surface area is 235 Å². The van der Waals surface area contributed by atoms with Gasteiger partial charge in [0.1, 0.15) is 11.6 Å². The van der Waals surface area contributed by atoms with E-state index >= 15 is 0 Å². The summed E-state index contributed by atoms with van der Waals surface area (Å²) in [5.74, 6) is -2.49. The summed E-state index contributed by atoms with van der Waals surface area (Å²) in [6.45, 7) is 13.5. The van der Waals surface area contributed by atoms with Crippen molar-refractivity contribution in [1.82, 2.24) is 9.80 Å². The molecule has 0 saturated carbocycles. The Morgan fingerprint density at radius 1 is 1.15 bits per heavy atom. The monoisotopic (exact) mass is 545 g/mol. The Balaban J connectivity index is 1.63. The molecule has 3 aliphatic heterocycles. The lowest BCUT2D eigenvalue weighted by molar-refractivity contribution is -0.152. The molecule has 3 heterocycles. The second-order valence-corrected chi connectivity index (χ2v) is 11.8. The first-order valence-corrected chi connectivity index (χ1v) is 14.0. The quantitative estimate of drug-likeness (QED) is 0.488. The average molecular weight is 546 g/mol. The largest absolute Gasteiger partial charge is 0.394 e. The van der Waals surface area contributed by atoms with E-state index in [0.29, 0.717) is 18.7 Å². The molecule has 3 saturated heterocycles. The van der Waals surface area contributed by atoms with Crippen LogP contribution in [-0.2, 0) is 19.1 Å². The van der Waals surface area contributed by atoms with Crippen LogP contribution in [0.3, 0.4) is 0 Å². The molecular weight excluding hydrogens is 506 g/mol. The summed E-state index contributed by atoms with van der Waals surface area (Å²) in [5, 5.41) is 12.2. The van der Waals surface area contributed by atoms with Crippen molar-refractivity contribution >= 4 is 34.2 Å². The van der Waals surface area contributed by atoms with Gasteiger partial charge in [0.2, 0.25) is 11.8 Å². The van der Waals surface area contributed by atoms with Crippen LogP contribution >= 0.6 is 0 Å². The molecule has 2 aromatic carbocycles. The number of aliphatic hydroxyl groups excluding tert-OH is 1. The SMILES string of the molecule is C=CCN(C)C(=O)[C@H]1[C@H]2C(=O)N([C@H](C)CO)C(C(=O)N(CC=C)c3ccc4ccccc4c3)C23CC(C)[C@]1(C)O3. The maximum absolute atomic E-state index is 14.7. The van der Waals surface area contributed by atoms with E-state index in [1.807, 2.05) is 56.3 Å². The molecule has 1 spiro atoms. The maximum Gasteiger partial charge on any atom is 0.253 e. The third-order valence-corrected chi connectivity index (χ3v) is 9.39. The molecule has 3 fully saturated rings. The van der Waals surface area contributed by atoms with E-state index in [9.17, 15) is 19.5 Å². The molecule has 5 rings (SSSR count). The summed E-state index contributed by atoms with van der Waals surface area (Å²) in [6, 6.07) is 12.1. The molecule has 8 nitrogen and oxygen atoms in total. The van der Waals surface area contributed by atoms with Crippen molar-refractivity contribution in [3.8, 4) is 0 Å². The maximum atomic E-state index is 14.7. The predicted molar refractivity (Wildman–Crippen MR) is 154 cm³/mol. The molecule has 212 valence electrons. The van der Waals surface area contributed by atoms with Crippen LogP contribution in [-0.4, -0.2) is 82.7 Å². The number of benzene rings is 2. The van der Waals surface area contributed by atoms with E-state index in [1.54, 1.807) is 35.9 Å². The van der Waals surface area contributed by atoms with Crippen molar-refractivity contribution in [1.29, 1.82) is 0 Å². The second-order valence-electron chi connectivity index (χ2n) is 11.8. The van der Waals surface area contributed by atoms with E-state index in [-0.39, 0.29) is 36.8 Å². The van der Waals surface area contributed by atoms with Crippen LogP contribution < -0.4 is 4.90 Å². The number of hydrogen-bond donors (Lipinski definition) is 1. The van der Waals surface area contributed by atoms with Gasteiger partial charge in [-0.3, -0.25) is 14.4 Å². The van der Waals surface area contributed by atoms with Gasteiger partial charge in [0.05, 0.1) is 30.1 Å². The number of amides is 3. The summed E-state index contributed by atoms with van der Waals surface area (Å²) < 4.78 is 6.82. The zero-order chi connectivity index (χ0) is 29.0. The van der Waals surface area contributed by atoms with Crippen LogP contribution in [0.25, 0.3) is 10.8 Å². The van der Waals surface area contributed by atoms with Gasteiger partial charge in [0.15, 0.2) is 0 Å².